The second-order valence-electron chi connectivity index (χ2n) is 7.32. The highest BCUT2D eigenvalue weighted by Gasteiger charge is 2.12. The molecule has 0 amide bonds. The van der Waals surface area contributed by atoms with Crippen LogP contribution in [0.15, 0.2) is 23.3 Å². The van der Waals surface area contributed by atoms with Crippen LogP contribution in [0.2, 0.25) is 0 Å². The maximum absolute atomic E-state index is 4.71. The van der Waals surface area contributed by atoms with Crippen LogP contribution in [-0.2, 0) is 6.54 Å². The molecule has 6 nitrogen and oxygen atoms in total. The second kappa shape index (κ2) is 14.0. The number of rotatable bonds is 10. The minimum absolute atomic E-state index is 0. The van der Waals surface area contributed by atoms with Crippen LogP contribution in [0.1, 0.15) is 46.6 Å². The molecule has 1 aromatic rings. The van der Waals surface area contributed by atoms with Gasteiger partial charge in [-0.2, -0.15) is 0 Å². The van der Waals surface area contributed by atoms with Gasteiger partial charge >= 0.3 is 0 Å². The summed E-state index contributed by atoms with van der Waals surface area (Å²) in [6, 6.07) is 5.25. The van der Waals surface area contributed by atoms with E-state index in [9.17, 15) is 0 Å². The van der Waals surface area contributed by atoms with Gasteiger partial charge in [0.05, 0.1) is 6.54 Å². The highest BCUT2D eigenvalue weighted by molar-refractivity contribution is 14.0. The number of guanidine groups is 1. The van der Waals surface area contributed by atoms with Crippen molar-refractivity contribution in [1.29, 1.82) is 0 Å². The lowest BCUT2D eigenvalue weighted by molar-refractivity contribution is 0.173. The molecule has 1 aromatic heterocycles. The summed E-state index contributed by atoms with van der Waals surface area (Å²) in [6.45, 7) is 14.6. The fourth-order valence-corrected chi connectivity index (χ4v) is 2.90. The second-order valence-corrected chi connectivity index (χ2v) is 7.32. The molecule has 156 valence electrons. The topological polar surface area (TPSA) is 55.8 Å². The molecule has 0 fully saturated rings. The predicted molar refractivity (Wildman–Crippen MR) is 128 cm³/mol. The summed E-state index contributed by atoms with van der Waals surface area (Å²) in [4.78, 5) is 13.6. The smallest absolute Gasteiger partial charge is 0.191 e. The van der Waals surface area contributed by atoms with Crippen molar-refractivity contribution in [3.63, 3.8) is 0 Å². The highest BCUT2D eigenvalue weighted by Crippen LogP contribution is 2.10. The standard InChI is InChI=1S/C20H38N6.HI/c1-8-21-20(23-11-9-13-26(16(2)3)17(4)5)24-15-18-10-12-22-19(14-18)25(6)7;/h10,12,14,16-17H,8-9,11,13,15H2,1-7H3,(H2,21,23,24);1H. The van der Waals surface area contributed by atoms with Crippen molar-refractivity contribution in [1.82, 2.24) is 20.5 Å². The number of nitrogens with one attached hydrogen (secondary N) is 2. The zero-order valence-corrected chi connectivity index (χ0v) is 20.4. The number of aromatic nitrogens is 1. The van der Waals surface area contributed by atoms with E-state index in [4.69, 9.17) is 4.99 Å². The van der Waals surface area contributed by atoms with E-state index in [1.165, 1.54) is 0 Å². The minimum atomic E-state index is 0. The van der Waals surface area contributed by atoms with Crippen LogP contribution in [0.3, 0.4) is 0 Å². The molecule has 0 aromatic carbocycles. The molecule has 0 aliphatic rings. The number of hydrogen-bond donors (Lipinski definition) is 2. The summed E-state index contributed by atoms with van der Waals surface area (Å²) in [5.41, 5.74) is 1.16. The van der Waals surface area contributed by atoms with Crippen LogP contribution in [0.4, 0.5) is 5.82 Å². The van der Waals surface area contributed by atoms with E-state index in [1.54, 1.807) is 0 Å². The molecule has 0 unspecified atom stereocenters. The lowest BCUT2D eigenvalue weighted by atomic mass is 10.2. The monoisotopic (exact) mass is 490 g/mol. The van der Waals surface area contributed by atoms with Crippen LogP contribution in [-0.4, -0.2) is 61.7 Å². The summed E-state index contributed by atoms with van der Waals surface area (Å²) < 4.78 is 0. The third-order valence-electron chi connectivity index (χ3n) is 4.24. The third-order valence-corrected chi connectivity index (χ3v) is 4.24. The fraction of sp³-hybridized carbons (Fsp3) is 0.700. The van der Waals surface area contributed by atoms with Crippen molar-refractivity contribution in [3.05, 3.63) is 23.9 Å². The van der Waals surface area contributed by atoms with Crippen LogP contribution in [0.5, 0.6) is 0 Å². The van der Waals surface area contributed by atoms with Crippen molar-refractivity contribution in [2.75, 3.05) is 38.6 Å². The van der Waals surface area contributed by atoms with Crippen molar-refractivity contribution >= 4 is 35.8 Å². The molecule has 7 heteroatoms. The molecule has 27 heavy (non-hydrogen) atoms. The number of hydrogen-bond acceptors (Lipinski definition) is 4. The predicted octanol–water partition coefficient (Wildman–Crippen LogP) is 3.33. The van der Waals surface area contributed by atoms with Gasteiger partial charge < -0.3 is 15.5 Å². The largest absolute Gasteiger partial charge is 0.363 e. The quantitative estimate of drug-likeness (QED) is 0.228. The maximum Gasteiger partial charge on any atom is 0.191 e. The number of halogens is 1. The van der Waals surface area contributed by atoms with Gasteiger partial charge in [-0.25, -0.2) is 9.98 Å². The summed E-state index contributed by atoms with van der Waals surface area (Å²) in [7, 11) is 4.00. The normalized spacial score (nSPS) is 11.7. The van der Waals surface area contributed by atoms with Crippen LogP contribution >= 0.6 is 24.0 Å². The van der Waals surface area contributed by atoms with Gasteiger partial charge in [0, 0.05) is 52.0 Å². The summed E-state index contributed by atoms with van der Waals surface area (Å²) in [5.74, 6) is 1.83. The molecule has 1 heterocycles. The number of anilines is 1. The van der Waals surface area contributed by atoms with E-state index in [0.717, 1.165) is 43.4 Å². The summed E-state index contributed by atoms with van der Waals surface area (Å²) >= 11 is 0. The van der Waals surface area contributed by atoms with Gasteiger partial charge in [-0.05, 0) is 58.7 Å². The fourth-order valence-electron chi connectivity index (χ4n) is 2.90. The molecule has 0 radical (unpaired) electrons. The van der Waals surface area contributed by atoms with Gasteiger partial charge in [-0.1, -0.05) is 0 Å². The Morgan fingerprint density at radius 2 is 1.81 bits per heavy atom. The van der Waals surface area contributed by atoms with E-state index in [1.807, 2.05) is 31.3 Å². The van der Waals surface area contributed by atoms with Crippen LogP contribution < -0.4 is 15.5 Å². The van der Waals surface area contributed by atoms with E-state index in [2.05, 4.69) is 61.2 Å². The van der Waals surface area contributed by atoms with Crippen LogP contribution in [0, 0.1) is 0 Å². The Bertz CT molecular complexity index is 537. The molecule has 2 N–H and O–H groups in total. The Kier molecular flexibility index (Phi) is 13.4. The molecule has 0 aliphatic carbocycles. The Morgan fingerprint density at radius 3 is 2.37 bits per heavy atom. The highest BCUT2D eigenvalue weighted by atomic mass is 127. The number of pyridine rings is 1. The molecule has 0 atom stereocenters. The maximum atomic E-state index is 4.71. The molecular formula is C20H39IN6. The molecule has 1 rings (SSSR count). The average molecular weight is 490 g/mol. The number of aliphatic imine (C=N–C) groups is 1. The minimum Gasteiger partial charge on any atom is -0.363 e. The molecule has 0 saturated carbocycles. The van der Waals surface area contributed by atoms with E-state index in [-0.39, 0.29) is 24.0 Å². The molecule has 0 saturated heterocycles. The zero-order valence-electron chi connectivity index (χ0n) is 18.1. The van der Waals surface area contributed by atoms with E-state index in [0.29, 0.717) is 18.6 Å². The van der Waals surface area contributed by atoms with Crippen molar-refractivity contribution < 1.29 is 0 Å². The van der Waals surface area contributed by atoms with Gasteiger partial charge in [-0.3, -0.25) is 4.90 Å². The zero-order chi connectivity index (χ0) is 19.5. The van der Waals surface area contributed by atoms with Gasteiger partial charge in [0.1, 0.15) is 5.82 Å². The van der Waals surface area contributed by atoms with Gasteiger partial charge in [0.15, 0.2) is 5.96 Å². The van der Waals surface area contributed by atoms with E-state index < -0.39 is 0 Å². The van der Waals surface area contributed by atoms with Gasteiger partial charge in [-0.15, -0.1) is 24.0 Å². The first-order chi connectivity index (χ1) is 12.3. The van der Waals surface area contributed by atoms with Gasteiger partial charge in [0.25, 0.3) is 0 Å². The van der Waals surface area contributed by atoms with Gasteiger partial charge in [0.2, 0.25) is 0 Å². The SMILES string of the molecule is CCNC(=NCc1ccnc(N(C)C)c1)NCCCN(C(C)C)C(C)C.I. The summed E-state index contributed by atoms with van der Waals surface area (Å²) in [6.07, 6.45) is 2.94. The molecule has 0 bridgehead atoms. The van der Waals surface area contributed by atoms with Crippen LogP contribution in [0.25, 0.3) is 0 Å². The lowest BCUT2D eigenvalue weighted by Crippen LogP contribution is -2.41. The Morgan fingerprint density at radius 1 is 1.15 bits per heavy atom. The van der Waals surface area contributed by atoms with Crippen molar-refractivity contribution in [2.45, 2.75) is 59.7 Å². The van der Waals surface area contributed by atoms with Crippen molar-refractivity contribution in [3.8, 4) is 0 Å². The Hall–Kier alpha value is -1.09. The molecular weight excluding hydrogens is 451 g/mol. The lowest BCUT2D eigenvalue weighted by Gasteiger charge is -2.30. The first-order valence-electron chi connectivity index (χ1n) is 9.75. The first-order valence-corrected chi connectivity index (χ1v) is 9.75. The third kappa shape index (κ3) is 10.1. The Balaban J connectivity index is 0.00000676. The molecule has 0 aliphatic heterocycles. The average Bonchev–Trinajstić information content (AvgIpc) is 2.58. The number of nitrogens with zero attached hydrogens (tertiary/aromatic N) is 4. The first kappa shape index (κ1) is 25.9. The van der Waals surface area contributed by atoms with E-state index >= 15 is 0 Å². The summed E-state index contributed by atoms with van der Waals surface area (Å²) in [5, 5.41) is 6.77. The molecule has 0 spiro atoms. The Labute approximate surface area is 183 Å². The van der Waals surface area contributed by atoms with Crippen molar-refractivity contribution in [2.24, 2.45) is 4.99 Å².